The molecule has 0 bridgehead atoms. The molecule has 0 heterocycles. The third-order valence-corrected chi connectivity index (χ3v) is 2.15. The lowest BCUT2D eigenvalue weighted by Crippen LogP contribution is -2.25. The van der Waals surface area contributed by atoms with Crippen LogP contribution in [-0.2, 0) is 0 Å². The maximum atomic E-state index is 5.23. The van der Waals surface area contributed by atoms with Crippen molar-refractivity contribution in [1.29, 1.82) is 0 Å². The Labute approximate surface area is 79.4 Å². The van der Waals surface area contributed by atoms with Gasteiger partial charge in [-0.25, -0.2) is 4.99 Å². The van der Waals surface area contributed by atoms with Crippen molar-refractivity contribution in [2.45, 2.75) is 12.5 Å². The number of hydrogen-bond acceptors (Lipinski definition) is 1. The van der Waals surface area contributed by atoms with E-state index in [1.807, 2.05) is 12.2 Å². The van der Waals surface area contributed by atoms with Gasteiger partial charge in [0.1, 0.15) is 0 Å². The highest BCUT2D eigenvalue weighted by molar-refractivity contribution is 14.1. The summed E-state index contributed by atoms with van der Waals surface area (Å²) in [5, 5.41) is 0. The van der Waals surface area contributed by atoms with E-state index in [0.29, 0.717) is 0 Å². The fourth-order valence-electron chi connectivity index (χ4n) is 0.870. The molecule has 1 aliphatic carbocycles. The van der Waals surface area contributed by atoms with Gasteiger partial charge < -0.3 is 11.5 Å². The van der Waals surface area contributed by atoms with Gasteiger partial charge in [0, 0.05) is 3.58 Å². The van der Waals surface area contributed by atoms with Crippen LogP contribution in [0.5, 0.6) is 0 Å². The Morgan fingerprint density at radius 1 is 1.64 bits per heavy atom. The van der Waals surface area contributed by atoms with Gasteiger partial charge in [-0.3, -0.25) is 0 Å². The number of aliphatic imine (C=N–C) groups is 1. The average Bonchev–Trinajstić information content (AvgIpc) is 1.93. The molecule has 4 N–H and O–H groups in total. The van der Waals surface area contributed by atoms with E-state index in [1.54, 1.807) is 0 Å². The second-order valence-electron chi connectivity index (χ2n) is 2.31. The first-order chi connectivity index (χ1) is 5.18. The molecule has 1 aliphatic rings. The highest BCUT2D eigenvalue weighted by Gasteiger charge is 2.04. The van der Waals surface area contributed by atoms with E-state index in [4.69, 9.17) is 11.5 Å². The van der Waals surface area contributed by atoms with Crippen LogP contribution in [0.3, 0.4) is 0 Å². The normalized spacial score (nSPS) is 22.6. The lowest BCUT2D eigenvalue weighted by atomic mass is 10.1. The van der Waals surface area contributed by atoms with Crippen LogP contribution in [0.4, 0.5) is 0 Å². The van der Waals surface area contributed by atoms with Crippen LogP contribution in [0, 0.1) is 0 Å². The number of nitrogens with zero attached hydrogens (tertiary/aromatic N) is 1. The summed E-state index contributed by atoms with van der Waals surface area (Å²) in [4.78, 5) is 4.01. The third kappa shape index (κ3) is 2.92. The maximum Gasteiger partial charge on any atom is 0.186 e. The number of nitrogens with two attached hydrogens (primary N) is 2. The minimum Gasteiger partial charge on any atom is -0.370 e. The molecular weight excluding hydrogens is 253 g/mol. The Kier molecular flexibility index (Phi) is 2.92. The maximum absolute atomic E-state index is 5.23. The molecule has 60 valence electrons. The molecule has 0 radical (unpaired) electrons. The van der Waals surface area contributed by atoms with Crippen LogP contribution >= 0.6 is 22.6 Å². The smallest absolute Gasteiger partial charge is 0.186 e. The first kappa shape index (κ1) is 8.58. The van der Waals surface area contributed by atoms with E-state index in [2.05, 4.69) is 33.7 Å². The quantitative estimate of drug-likeness (QED) is 0.419. The molecule has 0 aromatic rings. The Hall–Kier alpha value is -0.520. The molecule has 0 amide bonds. The van der Waals surface area contributed by atoms with Crippen LogP contribution in [0.25, 0.3) is 0 Å². The molecular formula is C7H10IN3. The van der Waals surface area contributed by atoms with E-state index in [0.717, 1.165) is 6.42 Å². The van der Waals surface area contributed by atoms with Gasteiger partial charge in [0.15, 0.2) is 5.96 Å². The first-order valence-electron chi connectivity index (χ1n) is 3.31. The standard InChI is InChI=1S/C7H10IN3/c8-5-1-3-6(4-2-5)11-7(9)10/h1-3,6H,4H2,(H4,9,10,11). The van der Waals surface area contributed by atoms with Gasteiger partial charge in [-0.1, -0.05) is 18.2 Å². The molecule has 1 rings (SSSR count). The summed E-state index contributed by atoms with van der Waals surface area (Å²) >= 11 is 2.26. The fraction of sp³-hybridized carbons (Fsp3) is 0.286. The van der Waals surface area contributed by atoms with E-state index < -0.39 is 0 Å². The molecule has 4 heteroatoms. The summed E-state index contributed by atoms with van der Waals surface area (Å²) in [6.07, 6.45) is 7.02. The Morgan fingerprint density at radius 3 is 2.82 bits per heavy atom. The van der Waals surface area contributed by atoms with E-state index >= 15 is 0 Å². The van der Waals surface area contributed by atoms with Crippen molar-refractivity contribution in [3.8, 4) is 0 Å². The molecule has 1 unspecified atom stereocenters. The SMILES string of the molecule is NC(N)=NC1C=CC(I)=CC1. The molecule has 11 heavy (non-hydrogen) atoms. The molecule has 0 aliphatic heterocycles. The number of allylic oxidation sites excluding steroid dienone is 2. The minimum absolute atomic E-state index is 0.138. The predicted molar refractivity (Wildman–Crippen MR) is 55.5 cm³/mol. The minimum atomic E-state index is 0.138. The highest BCUT2D eigenvalue weighted by Crippen LogP contribution is 2.17. The van der Waals surface area contributed by atoms with Crippen LogP contribution in [0.2, 0.25) is 0 Å². The second-order valence-corrected chi connectivity index (χ2v) is 3.55. The first-order valence-corrected chi connectivity index (χ1v) is 4.39. The lowest BCUT2D eigenvalue weighted by Gasteiger charge is -2.08. The zero-order chi connectivity index (χ0) is 8.27. The average molecular weight is 263 g/mol. The van der Waals surface area contributed by atoms with Gasteiger partial charge in [-0.05, 0) is 29.0 Å². The number of guanidine groups is 1. The van der Waals surface area contributed by atoms with Gasteiger partial charge in [0.2, 0.25) is 0 Å². The van der Waals surface area contributed by atoms with Gasteiger partial charge in [-0.15, -0.1) is 0 Å². The monoisotopic (exact) mass is 263 g/mol. The second kappa shape index (κ2) is 3.75. The van der Waals surface area contributed by atoms with E-state index in [9.17, 15) is 0 Å². The van der Waals surface area contributed by atoms with Gasteiger partial charge in [-0.2, -0.15) is 0 Å². The van der Waals surface area contributed by atoms with Crippen LogP contribution in [-0.4, -0.2) is 12.0 Å². The molecule has 0 spiro atoms. The van der Waals surface area contributed by atoms with Crippen LogP contribution in [0.15, 0.2) is 26.8 Å². The summed E-state index contributed by atoms with van der Waals surface area (Å²) in [5.74, 6) is 0.157. The Bertz CT molecular complexity index is 226. The zero-order valence-electron chi connectivity index (χ0n) is 6.00. The molecule has 0 aromatic carbocycles. The predicted octanol–water partition coefficient (Wildman–Crippen LogP) is 0.907. The Balaban J connectivity index is 2.56. The molecule has 3 nitrogen and oxygen atoms in total. The summed E-state index contributed by atoms with van der Waals surface area (Å²) in [6, 6.07) is 0.138. The van der Waals surface area contributed by atoms with Gasteiger partial charge in [0.05, 0.1) is 6.04 Å². The van der Waals surface area contributed by atoms with Gasteiger partial charge >= 0.3 is 0 Å². The lowest BCUT2D eigenvalue weighted by molar-refractivity contribution is 0.822. The molecule has 1 atom stereocenters. The van der Waals surface area contributed by atoms with Crippen LogP contribution in [0.1, 0.15) is 6.42 Å². The molecule has 0 fully saturated rings. The fourth-order valence-corrected chi connectivity index (χ4v) is 1.33. The summed E-state index contributed by atoms with van der Waals surface area (Å²) in [5.41, 5.74) is 10.5. The topological polar surface area (TPSA) is 64.4 Å². The third-order valence-electron chi connectivity index (χ3n) is 1.35. The van der Waals surface area contributed by atoms with Crippen molar-refractivity contribution in [2.75, 3.05) is 0 Å². The largest absolute Gasteiger partial charge is 0.370 e. The molecule has 0 saturated heterocycles. The summed E-state index contributed by atoms with van der Waals surface area (Å²) in [6.45, 7) is 0. The molecule has 0 saturated carbocycles. The van der Waals surface area contributed by atoms with Crippen molar-refractivity contribution in [3.05, 3.63) is 21.8 Å². The van der Waals surface area contributed by atoms with Crippen molar-refractivity contribution >= 4 is 28.6 Å². The van der Waals surface area contributed by atoms with Crippen LogP contribution < -0.4 is 11.5 Å². The number of hydrogen-bond donors (Lipinski definition) is 2. The van der Waals surface area contributed by atoms with E-state index in [1.165, 1.54) is 3.58 Å². The summed E-state index contributed by atoms with van der Waals surface area (Å²) in [7, 11) is 0. The van der Waals surface area contributed by atoms with Crippen molar-refractivity contribution < 1.29 is 0 Å². The van der Waals surface area contributed by atoms with Gasteiger partial charge in [0.25, 0.3) is 0 Å². The van der Waals surface area contributed by atoms with E-state index in [-0.39, 0.29) is 12.0 Å². The Morgan fingerprint density at radius 2 is 2.36 bits per heavy atom. The molecule has 0 aromatic heterocycles. The van der Waals surface area contributed by atoms with Crippen molar-refractivity contribution in [2.24, 2.45) is 16.5 Å². The zero-order valence-corrected chi connectivity index (χ0v) is 8.15. The number of rotatable bonds is 1. The van der Waals surface area contributed by atoms with Crippen molar-refractivity contribution in [3.63, 3.8) is 0 Å². The summed E-state index contributed by atoms with van der Waals surface area (Å²) < 4.78 is 1.24. The highest BCUT2D eigenvalue weighted by atomic mass is 127. The number of halogens is 1. The van der Waals surface area contributed by atoms with Crippen molar-refractivity contribution in [1.82, 2.24) is 0 Å².